The smallest absolute Gasteiger partial charge is 0.311 e. The summed E-state index contributed by atoms with van der Waals surface area (Å²) >= 11 is 0. The van der Waals surface area contributed by atoms with Gasteiger partial charge in [0.05, 0.1) is 24.8 Å². The minimum absolute atomic E-state index is 0.0145. The lowest BCUT2D eigenvalue weighted by Crippen LogP contribution is -2.50. The molecule has 2 aliphatic rings. The van der Waals surface area contributed by atoms with Crippen LogP contribution in [0.5, 0.6) is 5.75 Å². The molecule has 0 aromatic heterocycles. The number of esters is 1. The molecule has 8 nitrogen and oxygen atoms in total. The number of amides is 2. The number of ether oxygens (including phenoxy) is 2. The molecule has 2 amide bonds. The van der Waals surface area contributed by atoms with Crippen molar-refractivity contribution < 1.29 is 23.9 Å². The molecule has 1 atom stereocenters. The predicted molar refractivity (Wildman–Crippen MR) is 104 cm³/mol. The molecule has 29 heavy (non-hydrogen) atoms. The van der Waals surface area contributed by atoms with Crippen LogP contribution < -0.4 is 15.0 Å². The first-order chi connectivity index (χ1) is 14.0. The molecule has 1 saturated heterocycles. The van der Waals surface area contributed by atoms with E-state index in [1.54, 1.807) is 24.3 Å². The number of carbonyl (C=O) groups excluding carboxylic acids is 3. The van der Waals surface area contributed by atoms with Crippen molar-refractivity contribution in [3.63, 3.8) is 0 Å². The lowest BCUT2D eigenvalue weighted by molar-refractivity contribution is -0.152. The first-order valence-corrected chi connectivity index (χ1v) is 9.80. The monoisotopic (exact) mass is 399 g/mol. The summed E-state index contributed by atoms with van der Waals surface area (Å²) in [5, 5.41) is 12.1. The Balaban J connectivity index is 1.54. The van der Waals surface area contributed by atoms with Gasteiger partial charge in [0.25, 0.3) is 5.91 Å². The predicted octanol–water partition coefficient (Wildman–Crippen LogP) is 1.93. The number of carbonyl (C=O) groups is 3. The van der Waals surface area contributed by atoms with Crippen LogP contribution in [0.25, 0.3) is 0 Å². The third kappa shape index (κ3) is 4.67. The second-order valence-corrected chi connectivity index (χ2v) is 7.49. The maximum Gasteiger partial charge on any atom is 0.311 e. The van der Waals surface area contributed by atoms with Crippen molar-refractivity contribution in [1.82, 2.24) is 5.32 Å². The fraction of sp³-hybridized carbons (Fsp3) is 0.524. The number of nitrogens with one attached hydrogen (secondary N) is 1. The number of methoxy groups -OCH3 is 1. The molecule has 1 aromatic carbocycles. The Kier molecular flexibility index (Phi) is 6.37. The molecular formula is C21H25N3O5. The zero-order valence-electron chi connectivity index (χ0n) is 16.5. The Hall–Kier alpha value is -3.08. The first kappa shape index (κ1) is 20.6. The molecule has 1 aliphatic carbocycles. The summed E-state index contributed by atoms with van der Waals surface area (Å²) in [6.07, 6.45) is 4.04. The highest BCUT2D eigenvalue weighted by atomic mass is 16.5. The van der Waals surface area contributed by atoms with Crippen LogP contribution in [0.15, 0.2) is 24.3 Å². The number of nitriles is 1. The quantitative estimate of drug-likeness (QED) is 0.732. The van der Waals surface area contributed by atoms with Gasteiger partial charge in [-0.25, -0.2) is 0 Å². The second kappa shape index (κ2) is 8.95. The van der Waals surface area contributed by atoms with Gasteiger partial charge in [-0.2, -0.15) is 5.26 Å². The van der Waals surface area contributed by atoms with Gasteiger partial charge in [0.2, 0.25) is 5.91 Å². The largest absolute Gasteiger partial charge is 0.495 e. The Morgan fingerprint density at radius 2 is 2.00 bits per heavy atom. The minimum Gasteiger partial charge on any atom is -0.495 e. The number of anilines is 1. The first-order valence-electron chi connectivity index (χ1n) is 9.80. The molecule has 2 fully saturated rings. The zero-order valence-corrected chi connectivity index (χ0v) is 16.5. The van der Waals surface area contributed by atoms with Crippen molar-refractivity contribution in [3.05, 3.63) is 24.3 Å². The molecule has 0 unspecified atom stereocenters. The third-order valence-corrected chi connectivity index (χ3v) is 5.48. The SMILES string of the molecule is COc1ccccc1N1C[C@H](C(=O)OCC(=O)NC2(C#N)CCCCC2)CC1=O. The van der Waals surface area contributed by atoms with Gasteiger partial charge >= 0.3 is 5.97 Å². The molecule has 1 aromatic rings. The summed E-state index contributed by atoms with van der Waals surface area (Å²) in [6.45, 7) is -0.288. The van der Waals surface area contributed by atoms with E-state index < -0.39 is 29.9 Å². The topological polar surface area (TPSA) is 109 Å². The van der Waals surface area contributed by atoms with Crippen LogP contribution >= 0.6 is 0 Å². The fourth-order valence-corrected chi connectivity index (χ4v) is 3.93. The maximum absolute atomic E-state index is 12.4. The number of hydrogen-bond donors (Lipinski definition) is 1. The van der Waals surface area contributed by atoms with E-state index >= 15 is 0 Å². The summed E-state index contributed by atoms with van der Waals surface area (Å²) in [5.74, 6) is -1.40. The molecule has 1 N–H and O–H groups in total. The van der Waals surface area contributed by atoms with Gasteiger partial charge in [-0.05, 0) is 25.0 Å². The van der Waals surface area contributed by atoms with Gasteiger partial charge in [0.15, 0.2) is 6.61 Å². The highest BCUT2D eigenvalue weighted by Crippen LogP contribution is 2.33. The molecule has 0 bridgehead atoms. The molecule has 3 rings (SSSR count). The minimum atomic E-state index is -0.869. The van der Waals surface area contributed by atoms with E-state index in [2.05, 4.69) is 11.4 Å². The van der Waals surface area contributed by atoms with Crippen molar-refractivity contribution >= 4 is 23.5 Å². The van der Waals surface area contributed by atoms with Crippen LogP contribution in [0.4, 0.5) is 5.69 Å². The Morgan fingerprint density at radius 1 is 1.28 bits per heavy atom. The average Bonchev–Trinajstić information content (AvgIpc) is 3.14. The van der Waals surface area contributed by atoms with Crippen LogP contribution in [0.1, 0.15) is 38.5 Å². The van der Waals surface area contributed by atoms with Crippen molar-refractivity contribution in [2.75, 3.05) is 25.2 Å². The van der Waals surface area contributed by atoms with E-state index in [1.807, 2.05) is 0 Å². The van der Waals surface area contributed by atoms with Crippen molar-refractivity contribution in [1.29, 1.82) is 5.26 Å². The van der Waals surface area contributed by atoms with Crippen molar-refractivity contribution in [2.45, 2.75) is 44.1 Å². The van der Waals surface area contributed by atoms with Crippen LogP contribution in [-0.2, 0) is 19.1 Å². The van der Waals surface area contributed by atoms with Gasteiger partial charge in [0.1, 0.15) is 11.3 Å². The third-order valence-electron chi connectivity index (χ3n) is 5.48. The fourth-order valence-electron chi connectivity index (χ4n) is 3.93. The van der Waals surface area contributed by atoms with Crippen LogP contribution in [-0.4, -0.2) is 43.6 Å². The average molecular weight is 399 g/mol. The van der Waals surface area contributed by atoms with Gasteiger partial charge in [0, 0.05) is 13.0 Å². The van der Waals surface area contributed by atoms with Crippen LogP contribution in [0.2, 0.25) is 0 Å². The molecule has 1 saturated carbocycles. The van der Waals surface area contributed by atoms with E-state index in [4.69, 9.17) is 9.47 Å². The number of para-hydroxylation sites is 2. The van der Waals surface area contributed by atoms with E-state index in [-0.39, 0.29) is 18.9 Å². The van der Waals surface area contributed by atoms with Gasteiger partial charge in [-0.3, -0.25) is 14.4 Å². The van der Waals surface area contributed by atoms with Crippen LogP contribution in [0, 0.1) is 17.2 Å². The highest BCUT2D eigenvalue weighted by molar-refractivity contribution is 6.00. The van der Waals surface area contributed by atoms with E-state index in [0.717, 1.165) is 19.3 Å². The molecule has 1 heterocycles. The van der Waals surface area contributed by atoms with Gasteiger partial charge in [-0.15, -0.1) is 0 Å². The number of nitrogens with zero attached hydrogens (tertiary/aromatic N) is 2. The van der Waals surface area contributed by atoms with Gasteiger partial charge in [-0.1, -0.05) is 31.4 Å². The Bertz CT molecular complexity index is 826. The number of benzene rings is 1. The van der Waals surface area contributed by atoms with E-state index in [0.29, 0.717) is 24.3 Å². The maximum atomic E-state index is 12.4. The van der Waals surface area contributed by atoms with Crippen LogP contribution in [0.3, 0.4) is 0 Å². The standard InChI is InChI=1S/C21H25N3O5/c1-28-17-8-4-3-7-16(17)24-12-15(11-19(24)26)20(27)29-13-18(25)23-21(14-22)9-5-2-6-10-21/h3-4,7-8,15H,2,5-6,9-13H2,1H3,(H,23,25)/t15-/m1/s1. The summed E-state index contributed by atoms with van der Waals surface area (Å²) in [5.41, 5.74) is -0.271. The lowest BCUT2D eigenvalue weighted by Gasteiger charge is -2.31. The van der Waals surface area contributed by atoms with Crippen molar-refractivity contribution in [2.24, 2.45) is 5.92 Å². The molecule has 0 radical (unpaired) electrons. The molecule has 154 valence electrons. The molecule has 8 heteroatoms. The zero-order chi connectivity index (χ0) is 20.9. The van der Waals surface area contributed by atoms with E-state index in [1.165, 1.54) is 12.0 Å². The summed E-state index contributed by atoms with van der Waals surface area (Å²) in [6, 6.07) is 9.28. The highest BCUT2D eigenvalue weighted by Gasteiger charge is 2.38. The molecular weight excluding hydrogens is 374 g/mol. The molecule has 1 aliphatic heterocycles. The molecule has 0 spiro atoms. The number of hydrogen-bond acceptors (Lipinski definition) is 6. The van der Waals surface area contributed by atoms with Gasteiger partial charge < -0.3 is 19.7 Å². The van der Waals surface area contributed by atoms with Crippen molar-refractivity contribution in [3.8, 4) is 11.8 Å². The Labute approximate surface area is 169 Å². The summed E-state index contributed by atoms with van der Waals surface area (Å²) in [4.78, 5) is 38.5. The summed E-state index contributed by atoms with van der Waals surface area (Å²) < 4.78 is 10.4. The lowest BCUT2D eigenvalue weighted by atomic mass is 9.83. The normalized spacial score (nSPS) is 20.6. The van der Waals surface area contributed by atoms with E-state index in [9.17, 15) is 19.6 Å². The number of rotatable bonds is 6. The second-order valence-electron chi connectivity index (χ2n) is 7.49. The Morgan fingerprint density at radius 3 is 2.69 bits per heavy atom. The summed E-state index contributed by atoms with van der Waals surface area (Å²) in [7, 11) is 1.52.